The van der Waals surface area contributed by atoms with Gasteiger partial charge >= 0.3 is 0 Å². The second-order valence-electron chi connectivity index (χ2n) is 14.9. The van der Waals surface area contributed by atoms with Gasteiger partial charge in [0.2, 0.25) is 0 Å². The molecule has 3 heteroatoms. The summed E-state index contributed by atoms with van der Waals surface area (Å²) >= 11 is 0. The lowest BCUT2D eigenvalue weighted by atomic mass is 10.00. The molecule has 0 bridgehead atoms. The molecule has 0 amide bonds. The van der Waals surface area contributed by atoms with Gasteiger partial charge in [-0.2, -0.15) is 0 Å². The van der Waals surface area contributed by atoms with Crippen molar-refractivity contribution in [2.24, 2.45) is 0 Å². The van der Waals surface area contributed by atoms with Crippen LogP contribution in [-0.2, 0) is 0 Å². The molecule has 0 fully saturated rings. The monoisotopic (exact) mass is 726 g/mol. The molecule has 12 aromatic rings. The number of benzene rings is 9. The molecule has 57 heavy (non-hydrogen) atoms. The molecule has 3 nitrogen and oxygen atoms in total. The standard InChI is InChI=1S/C54H34N2O/c1-2-10-35(11-3-1)40-26-31-45-43-12-4-7-15-49(43)55(51(45)32-40)41-27-22-38(23-28-41)36-18-20-37(21-19-36)39-24-29-42(30-25-39)56-50-16-8-5-13-44(50)47-33-48-46-14-6-9-17-53(46)57-54(48)34-52(47)56/h1-34H. The van der Waals surface area contributed by atoms with Gasteiger partial charge in [-0.15, -0.1) is 0 Å². The van der Waals surface area contributed by atoms with Crippen molar-refractivity contribution in [2.75, 3.05) is 0 Å². The molecule has 0 saturated heterocycles. The van der Waals surface area contributed by atoms with Crippen molar-refractivity contribution in [1.29, 1.82) is 0 Å². The van der Waals surface area contributed by atoms with E-state index >= 15 is 0 Å². The van der Waals surface area contributed by atoms with Gasteiger partial charge < -0.3 is 13.6 Å². The fraction of sp³-hybridized carbons (Fsp3) is 0. The summed E-state index contributed by atoms with van der Waals surface area (Å²) in [6.45, 7) is 0. The minimum Gasteiger partial charge on any atom is -0.456 e. The van der Waals surface area contributed by atoms with Crippen LogP contribution in [0, 0.1) is 0 Å². The average Bonchev–Trinajstić information content (AvgIpc) is 3.93. The maximum absolute atomic E-state index is 6.32. The van der Waals surface area contributed by atoms with Gasteiger partial charge in [-0.05, 0) is 88.0 Å². The van der Waals surface area contributed by atoms with Crippen LogP contribution in [0.5, 0.6) is 0 Å². The normalized spacial score (nSPS) is 11.9. The largest absolute Gasteiger partial charge is 0.456 e. The molecular weight excluding hydrogens is 693 g/mol. The molecule has 0 unspecified atom stereocenters. The Hall–Kier alpha value is -7.62. The van der Waals surface area contributed by atoms with Crippen LogP contribution < -0.4 is 0 Å². The lowest BCUT2D eigenvalue weighted by Crippen LogP contribution is -1.94. The summed E-state index contributed by atoms with van der Waals surface area (Å²) in [5, 5.41) is 7.28. The van der Waals surface area contributed by atoms with Crippen molar-refractivity contribution in [1.82, 2.24) is 9.13 Å². The molecular formula is C54H34N2O. The lowest BCUT2D eigenvalue weighted by molar-refractivity contribution is 0.669. The maximum atomic E-state index is 6.32. The summed E-state index contributed by atoms with van der Waals surface area (Å²) in [6, 6.07) is 74.4. The highest BCUT2D eigenvalue weighted by Gasteiger charge is 2.17. The molecule has 9 aromatic carbocycles. The summed E-state index contributed by atoms with van der Waals surface area (Å²) < 4.78 is 11.1. The Balaban J connectivity index is 0.864. The molecule has 0 radical (unpaired) electrons. The molecule has 0 saturated carbocycles. The Kier molecular flexibility index (Phi) is 6.93. The lowest BCUT2D eigenvalue weighted by Gasteiger charge is -2.11. The summed E-state index contributed by atoms with van der Waals surface area (Å²) in [4.78, 5) is 0. The fourth-order valence-corrected chi connectivity index (χ4v) is 8.99. The SMILES string of the molecule is c1ccc(-c2ccc3c4ccccc4n(-c4ccc(-c5ccc(-c6ccc(-n7c8ccccc8c8cc9c(cc87)oc7ccccc79)cc6)cc5)cc4)c3c2)cc1. The average molecular weight is 727 g/mol. The first-order valence-corrected chi connectivity index (χ1v) is 19.5. The number of nitrogens with zero attached hydrogens (tertiary/aromatic N) is 2. The minimum atomic E-state index is 0.906. The topological polar surface area (TPSA) is 23.0 Å². The molecule has 0 aliphatic heterocycles. The van der Waals surface area contributed by atoms with E-state index in [4.69, 9.17) is 4.42 Å². The molecule has 3 aromatic heterocycles. The summed E-state index contributed by atoms with van der Waals surface area (Å²) in [5.41, 5.74) is 16.0. The van der Waals surface area contributed by atoms with Gasteiger partial charge in [0.15, 0.2) is 0 Å². The highest BCUT2D eigenvalue weighted by atomic mass is 16.3. The molecule has 3 heterocycles. The van der Waals surface area contributed by atoms with Crippen molar-refractivity contribution in [3.05, 3.63) is 206 Å². The molecule has 0 spiro atoms. The van der Waals surface area contributed by atoms with Gasteiger partial charge in [0.25, 0.3) is 0 Å². The number of aromatic nitrogens is 2. The quantitative estimate of drug-likeness (QED) is 0.173. The summed E-state index contributed by atoms with van der Waals surface area (Å²) in [5.74, 6) is 0. The summed E-state index contributed by atoms with van der Waals surface area (Å²) in [7, 11) is 0. The van der Waals surface area contributed by atoms with Crippen LogP contribution in [0.3, 0.4) is 0 Å². The highest BCUT2D eigenvalue weighted by Crippen LogP contribution is 2.39. The number of furan rings is 1. The molecule has 0 atom stereocenters. The van der Waals surface area contributed by atoms with Gasteiger partial charge in [-0.1, -0.05) is 146 Å². The van der Waals surface area contributed by atoms with E-state index in [1.54, 1.807) is 0 Å². The number of rotatable bonds is 5. The minimum absolute atomic E-state index is 0.906. The van der Waals surface area contributed by atoms with E-state index in [0.29, 0.717) is 0 Å². The van der Waals surface area contributed by atoms with Gasteiger partial charge in [0.1, 0.15) is 11.2 Å². The van der Waals surface area contributed by atoms with Gasteiger partial charge in [-0.3, -0.25) is 0 Å². The van der Waals surface area contributed by atoms with Crippen molar-refractivity contribution in [2.45, 2.75) is 0 Å². The van der Waals surface area contributed by atoms with Crippen molar-refractivity contribution < 1.29 is 4.42 Å². The van der Waals surface area contributed by atoms with Gasteiger partial charge in [-0.25, -0.2) is 0 Å². The van der Waals surface area contributed by atoms with Crippen LogP contribution in [0.2, 0.25) is 0 Å². The third-order valence-corrected chi connectivity index (χ3v) is 11.8. The molecule has 12 rings (SSSR count). The van der Waals surface area contributed by atoms with Crippen molar-refractivity contribution >= 4 is 65.6 Å². The van der Waals surface area contributed by atoms with E-state index < -0.39 is 0 Å². The predicted octanol–water partition coefficient (Wildman–Crippen LogP) is 14.8. The zero-order valence-electron chi connectivity index (χ0n) is 30.9. The van der Waals surface area contributed by atoms with Crippen LogP contribution >= 0.6 is 0 Å². The Bertz CT molecular complexity index is 3470. The second-order valence-corrected chi connectivity index (χ2v) is 14.9. The van der Waals surface area contributed by atoms with E-state index in [2.05, 4.69) is 203 Å². The number of fused-ring (bicyclic) bond motifs is 9. The molecule has 0 N–H and O–H groups in total. The van der Waals surface area contributed by atoms with E-state index in [-0.39, 0.29) is 0 Å². The third kappa shape index (κ3) is 4.99. The smallest absolute Gasteiger partial charge is 0.137 e. The Morgan fingerprint density at radius 2 is 0.684 bits per heavy atom. The van der Waals surface area contributed by atoms with E-state index in [9.17, 15) is 0 Å². The van der Waals surface area contributed by atoms with Crippen LogP contribution in [0.25, 0.3) is 110 Å². The Labute approximate surface area is 328 Å². The Morgan fingerprint density at radius 3 is 1.30 bits per heavy atom. The number of para-hydroxylation sites is 3. The highest BCUT2D eigenvalue weighted by molar-refractivity contribution is 6.17. The van der Waals surface area contributed by atoms with Gasteiger partial charge in [0.05, 0.1) is 22.1 Å². The number of hydrogen-bond donors (Lipinski definition) is 0. The molecule has 0 aliphatic rings. The van der Waals surface area contributed by atoms with Gasteiger partial charge in [0, 0.05) is 49.8 Å². The zero-order chi connectivity index (χ0) is 37.5. The number of hydrogen-bond acceptors (Lipinski definition) is 1. The predicted molar refractivity (Wildman–Crippen MR) is 239 cm³/mol. The first-order valence-electron chi connectivity index (χ1n) is 19.5. The summed E-state index contributed by atoms with van der Waals surface area (Å²) in [6.07, 6.45) is 0. The fourth-order valence-electron chi connectivity index (χ4n) is 8.99. The van der Waals surface area contributed by atoms with Crippen LogP contribution in [0.1, 0.15) is 0 Å². The van der Waals surface area contributed by atoms with Crippen molar-refractivity contribution in [3.63, 3.8) is 0 Å². The molecule has 266 valence electrons. The van der Waals surface area contributed by atoms with E-state index in [1.165, 1.54) is 71.5 Å². The van der Waals surface area contributed by atoms with E-state index in [1.807, 2.05) is 12.1 Å². The first kappa shape index (κ1) is 31.7. The Morgan fingerprint density at radius 1 is 0.246 bits per heavy atom. The van der Waals surface area contributed by atoms with Crippen LogP contribution in [0.15, 0.2) is 211 Å². The molecule has 0 aliphatic carbocycles. The van der Waals surface area contributed by atoms with Crippen molar-refractivity contribution in [3.8, 4) is 44.8 Å². The second kappa shape index (κ2) is 12.5. The maximum Gasteiger partial charge on any atom is 0.137 e. The van der Waals surface area contributed by atoms with Crippen LogP contribution in [0.4, 0.5) is 0 Å². The van der Waals surface area contributed by atoms with Crippen LogP contribution in [-0.4, -0.2) is 9.13 Å². The zero-order valence-corrected chi connectivity index (χ0v) is 30.9. The first-order chi connectivity index (χ1) is 28.2. The van der Waals surface area contributed by atoms with E-state index in [0.717, 1.165) is 38.8 Å². The third-order valence-electron chi connectivity index (χ3n) is 11.8.